The van der Waals surface area contributed by atoms with Crippen molar-refractivity contribution in [1.82, 2.24) is 15.1 Å². The summed E-state index contributed by atoms with van der Waals surface area (Å²) in [5.41, 5.74) is 0. The van der Waals surface area contributed by atoms with Crippen LogP contribution in [0.5, 0.6) is 5.75 Å². The van der Waals surface area contributed by atoms with Crippen LogP contribution in [-0.2, 0) is 4.74 Å². The number of guanidine groups is 1. The molecule has 0 spiro atoms. The number of hydrogen-bond acceptors (Lipinski definition) is 4. The van der Waals surface area contributed by atoms with Gasteiger partial charge in [0, 0.05) is 58.7 Å². The lowest BCUT2D eigenvalue weighted by molar-refractivity contribution is 0.0131. The smallest absolute Gasteiger partial charge is 0.193 e. The number of nitrogens with zero attached hydrogens (tertiary/aromatic N) is 3. The molecule has 1 unspecified atom stereocenters. The Bertz CT molecular complexity index is 609. The van der Waals surface area contributed by atoms with Gasteiger partial charge in [-0.05, 0) is 24.5 Å². The van der Waals surface area contributed by atoms with Gasteiger partial charge in [0.2, 0.25) is 0 Å². The molecule has 1 aromatic rings. The molecule has 0 saturated carbocycles. The van der Waals surface area contributed by atoms with Crippen molar-refractivity contribution in [2.24, 2.45) is 10.9 Å². The summed E-state index contributed by atoms with van der Waals surface area (Å²) in [5.74, 6) is 2.67. The number of benzene rings is 1. The monoisotopic (exact) mass is 402 g/mol. The second kappa shape index (κ2) is 11.4. The number of para-hydroxylation sites is 1. The highest BCUT2D eigenvalue weighted by atomic mass is 16.5. The molecule has 1 atom stereocenters. The second-order valence-corrected chi connectivity index (χ2v) is 8.48. The Morgan fingerprint density at radius 3 is 2.45 bits per heavy atom. The van der Waals surface area contributed by atoms with E-state index in [4.69, 9.17) is 9.47 Å². The van der Waals surface area contributed by atoms with Gasteiger partial charge in [0.15, 0.2) is 5.96 Å². The van der Waals surface area contributed by atoms with Gasteiger partial charge >= 0.3 is 0 Å². The van der Waals surface area contributed by atoms with Crippen LogP contribution in [0.3, 0.4) is 0 Å². The maximum atomic E-state index is 6.13. The van der Waals surface area contributed by atoms with Crippen molar-refractivity contribution in [1.29, 1.82) is 0 Å². The molecule has 2 heterocycles. The number of aliphatic imine (C=N–C) groups is 1. The van der Waals surface area contributed by atoms with E-state index in [-0.39, 0.29) is 6.10 Å². The van der Waals surface area contributed by atoms with E-state index >= 15 is 0 Å². The Balaban J connectivity index is 1.48. The van der Waals surface area contributed by atoms with E-state index in [9.17, 15) is 0 Å². The quantitative estimate of drug-likeness (QED) is 0.561. The van der Waals surface area contributed by atoms with Crippen LogP contribution in [0.15, 0.2) is 35.3 Å². The van der Waals surface area contributed by atoms with Gasteiger partial charge in [-0.25, -0.2) is 0 Å². The molecule has 0 radical (unpaired) electrons. The van der Waals surface area contributed by atoms with Crippen molar-refractivity contribution in [2.75, 3.05) is 53.0 Å². The van der Waals surface area contributed by atoms with E-state index in [0.29, 0.717) is 12.0 Å². The fourth-order valence-electron chi connectivity index (χ4n) is 4.27. The Morgan fingerprint density at radius 2 is 1.83 bits per heavy atom. The van der Waals surface area contributed by atoms with Gasteiger partial charge in [-0.3, -0.25) is 9.89 Å². The zero-order valence-corrected chi connectivity index (χ0v) is 18.3. The molecule has 0 bridgehead atoms. The van der Waals surface area contributed by atoms with Crippen molar-refractivity contribution in [3.8, 4) is 5.75 Å². The van der Waals surface area contributed by atoms with Crippen LogP contribution in [0.4, 0.5) is 0 Å². The number of likely N-dealkylation sites (tertiary alicyclic amines) is 1. The summed E-state index contributed by atoms with van der Waals surface area (Å²) in [4.78, 5) is 9.51. The summed E-state index contributed by atoms with van der Waals surface area (Å²) < 4.78 is 11.7. The minimum absolute atomic E-state index is 0.286. The average molecular weight is 403 g/mol. The van der Waals surface area contributed by atoms with Crippen LogP contribution < -0.4 is 10.1 Å². The minimum Gasteiger partial charge on any atom is -0.490 e. The summed E-state index contributed by atoms with van der Waals surface area (Å²) in [5, 5.41) is 3.66. The summed E-state index contributed by atoms with van der Waals surface area (Å²) in [7, 11) is 1.89. The molecular formula is C23H38N4O2. The van der Waals surface area contributed by atoms with Crippen LogP contribution in [0, 0.1) is 5.92 Å². The normalized spacial score (nSPS) is 20.7. The van der Waals surface area contributed by atoms with Crippen LogP contribution in [0.25, 0.3) is 0 Å². The molecule has 3 rings (SSSR count). The maximum absolute atomic E-state index is 6.13. The molecule has 29 heavy (non-hydrogen) atoms. The first-order valence-corrected chi connectivity index (χ1v) is 11.1. The molecule has 162 valence electrons. The van der Waals surface area contributed by atoms with E-state index in [1.165, 1.54) is 6.42 Å². The van der Waals surface area contributed by atoms with Gasteiger partial charge in [0.05, 0.1) is 13.2 Å². The van der Waals surface area contributed by atoms with Crippen LogP contribution >= 0.6 is 0 Å². The van der Waals surface area contributed by atoms with E-state index in [1.807, 2.05) is 37.4 Å². The Hall–Kier alpha value is -1.79. The lowest BCUT2D eigenvalue weighted by atomic mass is 10.0. The number of nitrogens with one attached hydrogen (secondary N) is 1. The molecule has 0 aromatic heterocycles. The molecule has 2 saturated heterocycles. The topological polar surface area (TPSA) is 49.3 Å². The van der Waals surface area contributed by atoms with Gasteiger partial charge in [-0.15, -0.1) is 0 Å². The standard InChI is InChI=1S/C23H38N4O2/c1-19(2)17-20(26-13-15-28-16-14-26)18-25-23(24-3)27-11-9-22(10-12-27)29-21-7-5-4-6-8-21/h4-8,19-20,22H,9-18H2,1-3H3,(H,24,25). The van der Waals surface area contributed by atoms with E-state index in [0.717, 1.165) is 70.5 Å². The fourth-order valence-corrected chi connectivity index (χ4v) is 4.27. The van der Waals surface area contributed by atoms with Crippen LogP contribution in [-0.4, -0.2) is 80.9 Å². The Morgan fingerprint density at radius 1 is 1.14 bits per heavy atom. The zero-order valence-electron chi connectivity index (χ0n) is 18.3. The van der Waals surface area contributed by atoms with Crippen molar-refractivity contribution >= 4 is 5.96 Å². The minimum atomic E-state index is 0.286. The highest BCUT2D eigenvalue weighted by Gasteiger charge is 2.25. The third kappa shape index (κ3) is 6.89. The Labute approximate surface area is 176 Å². The number of ether oxygens (including phenoxy) is 2. The lowest BCUT2D eigenvalue weighted by Crippen LogP contribution is -2.53. The first-order valence-electron chi connectivity index (χ1n) is 11.1. The van der Waals surface area contributed by atoms with Gasteiger partial charge in [0.25, 0.3) is 0 Å². The molecule has 2 aliphatic rings. The number of piperidine rings is 1. The van der Waals surface area contributed by atoms with E-state index in [2.05, 4.69) is 34.0 Å². The molecule has 6 nitrogen and oxygen atoms in total. The third-order valence-electron chi connectivity index (χ3n) is 5.80. The molecule has 0 amide bonds. The molecule has 6 heteroatoms. The van der Waals surface area contributed by atoms with E-state index in [1.54, 1.807) is 0 Å². The molecule has 1 aromatic carbocycles. The predicted molar refractivity (Wildman–Crippen MR) is 119 cm³/mol. The lowest BCUT2D eigenvalue weighted by Gasteiger charge is -2.38. The fraction of sp³-hybridized carbons (Fsp3) is 0.696. The summed E-state index contributed by atoms with van der Waals surface area (Å²) >= 11 is 0. The van der Waals surface area contributed by atoms with Crippen LogP contribution in [0.2, 0.25) is 0 Å². The molecule has 1 N–H and O–H groups in total. The molecule has 0 aliphatic carbocycles. The summed E-state index contributed by atoms with van der Waals surface area (Å²) in [6.07, 6.45) is 3.52. The zero-order chi connectivity index (χ0) is 20.5. The van der Waals surface area contributed by atoms with Gasteiger partial charge in [-0.1, -0.05) is 32.0 Å². The van der Waals surface area contributed by atoms with E-state index < -0.39 is 0 Å². The average Bonchev–Trinajstić information content (AvgIpc) is 2.75. The number of rotatable bonds is 7. The van der Waals surface area contributed by atoms with Gasteiger partial charge < -0.3 is 19.7 Å². The highest BCUT2D eigenvalue weighted by molar-refractivity contribution is 5.80. The highest BCUT2D eigenvalue weighted by Crippen LogP contribution is 2.19. The molecular weight excluding hydrogens is 364 g/mol. The van der Waals surface area contributed by atoms with Crippen molar-refractivity contribution < 1.29 is 9.47 Å². The molecule has 2 aliphatic heterocycles. The molecule has 2 fully saturated rings. The largest absolute Gasteiger partial charge is 0.490 e. The van der Waals surface area contributed by atoms with Gasteiger partial charge in [0.1, 0.15) is 11.9 Å². The summed E-state index contributed by atoms with van der Waals surface area (Å²) in [6, 6.07) is 10.7. The third-order valence-corrected chi connectivity index (χ3v) is 5.80. The van der Waals surface area contributed by atoms with Crippen LogP contribution in [0.1, 0.15) is 33.1 Å². The summed E-state index contributed by atoms with van der Waals surface area (Å²) in [6.45, 7) is 11.2. The maximum Gasteiger partial charge on any atom is 0.193 e. The van der Waals surface area contributed by atoms with Crippen molar-refractivity contribution in [2.45, 2.75) is 45.3 Å². The SMILES string of the molecule is CN=C(NCC(CC(C)C)N1CCOCC1)N1CCC(Oc2ccccc2)CC1. The van der Waals surface area contributed by atoms with Crippen molar-refractivity contribution in [3.63, 3.8) is 0 Å². The Kier molecular flexibility index (Phi) is 8.62. The number of morpholine rings is 1. The number of hydrogen-bond donors (Lipinski definition) is 1. The van der Waals surface area contributed by atoms with Gasteiger partial charge in [-0.2, -0.15) is 0 Å². The first-order chi connectivity index (χ1) is 14.2. The second-order valence-electron chi connectivity index (χ2n) is 8.48. The predicted octanol–water partition coefficient (Wildman–Crippen LogP) is 2.85. The first kappa shape index (κ1) is 21.9. The van der Waals surface area contributed by atoms with Crippen molar-refractivity contribution in [3.05, 3.63) is 30.3 Å².